The predicted octanol–water partition coefficient (Wildman–Crippen LogP) is 0.585. The first-order valence-corrected chi connectivity index (χ1v) is 3.87. The molecule has 2 aromatic heterocycles. The zero-order valence-electron chi connectivity index (χ0n) is 6.74. The molecule has 0 bridgehead atoms. The number of aromatic amines is 1. The summed E-state index contributed by atoms with van der Waals surface area (Å²) in [6.07, 6.45) is 2.55. The SMILES string of the molecule is CCc1n[nH]c(=O)n2cccc12. The molecule has 12 heavy (non-hydrogen) atoms. The van der Waals surface area contributed by atoms with Gasteiger partial charge < -0.3 is 0 Å². The second-order valence-electron chi connectivity index (χ2n) is 2.59. The smallest absolute Gasteiger partial charge is 0.267 e. The Bertz CT molecular complexity index is 455. The fraction of sp³-hybridized carbons (Fsp3) is 0.250. The van der Waals surface area contributed by atoms with Crippen LogP contribution in [0.1, 0.15) is 12.6 Å². The molecule has 0 saturated carbocycles. The summed E-state index contributed by atoms with van der Waals surface area (Å²) in [7, 11) is 0. The van der Waals surface area contributed by atoms with E-state index >= 15 is 0 Å². The largest absolute Gasteiger partial charge is 0.346 e. The molecule has 2 aromatic rings. The van der Waals surface area contributed by atoms with Gasteiger partial charge in [-0.1, -0.05) is 6.92 Å². The lowest BCUT2D eigenvalue weighted by Gasteiger charge is -1.97. The van der Waals surface area contributed by atoms with Crippen molar-refractivity contribution in [2.24, 2.45) is 0 Å². The number of hydrogen-bond donors (Lipinski definition) is 1. The first kappa shape index (κ1) is 7.09. The van der Waals surface area contributed by atoms with Gasteiger partial charge in [0.1, 0.15) is 0 Å². The van der Waals surface area contributed by atoms with Crippen LogP contribution in [0.4, 0.5) is 0 Å². The first-order chi connectivity index (χ1) is 5.83. The molecule has 0 aliphatic carbocycles. The van der Waals surface area contributed by atoms with Crippen LogP contribution in [0.2, 0.25) is 0 Å². The van der Waals surface area contributed by atoms with E-state index in [0.29, 0.717) is 0 Å². The number of aromatic nitrogens is 3. The Morgan fingerprint density at radius 2 is 2.50 bits per heavy atom. The van der Waals surface area contributed by atoms with Crippen molar-refractivity contribution in [3.63, 3.8) is 0 Å². The van der Waals surface area contributed by atoms with Gasteiger partial charge in [0, 0.05) is 6.20 Å². The summed E-state index contributed by atoms with van der Waals surface area (Å²) < 4.78 is 1.56. The number of rotatable bonds is 1. The third kappa shape index (κ3) is 0.845. The average Bonchev–Trinajstić information content (AvgIpc) is 2.54. The topological polar surface area (TPSA) is 50.2 Å². The van der Waals surface area contributed by atoms with E-state index in [-0.39, 0.29) is 5.69 Å². The van der Waals surface area contributed by atoms with Gasteiger partial charge >= 0.3 is 5.69 Å². The summed E-state index contributed by atoms with van der Waals surface area (Å²) in [6.45, 7) is 2.01. The third-order valence-electron chi connectivity index (χ3n) is 1.88. The monoisotopic (exact) mass is 163 g/mol. The van der Waals surface area contributed by atoms with Crippen LogP contribution in [0, 0.1) is 0 Å². The molecule has 0 fully saturated rings. The van der Waals surface area contributed by atoms with Crippen LogP contribution in [0.15, 0.2) is 23.1 Å². The van der Waals surface area contributed by atoms with Crippen molar-refractivity contribution >= 4 is 5.52 Å². The molecule has 4 nitrogen and oxygen atoms in total. The van der Waals surface area contributed by atoms with Crippen molar-refractivity contribution < 1.29 is 0 Å². The molecule has 0 atom stereocenters. The minimum Gasteiger partial charge on any atom is -0.267 e. The second kappa shape index (κ2) is 2.48. The van der Waals surface area contributed by atoms with Crippen LogP contribution in [-0.2, 0) is 6.42 Å². The van der Waals surface area contributed by atoms with E-state index < -0.39 is 0 Å². The molecule has 0 aromatic carbocycles. The van der Waals surface area contributed by atoms with Crippen LogP contribution in [0.3, 0.4) is 0 Å². The van der Waals surface area contributed by atoms with E-state index in [1.54, 1.807) is 10.6 Å². The minimum absolute atomic E-state index is 0.188. The summed E-state index contributed by atoms with van der Waals surface area (Å²) in [5.74, 6) is 0. The Morgan fingerprint density at radius 1 is 1.67 bits per heavy atom. The van der Waals surface area contributed by atoms with E-state index in [4.69, 9.17) is 0 Å². The highest BCUT2D eigenvalue weighted by atomic mass is 16.1. The Morgan fingerprint density at radius 3 is 3.25 bits per heavy atom. The molecule has 0 unspecified atom stereocenters. The Kier molecular flexibility index (Phi) is 1.46. The van der Waals surface area contributed by atoms with Gasteiger partial charge in [0.15, 0.2) is 0 Å². The zero-order valence-corrected chi connectivity index (χ0v) is 6.74. The maximum absolute atomic E-state index is 11.2. The molecule has 0 radical (unpaired) electrons. The molecule has 0 aliphatic rings. The quantitative estimate of drug-likeness (QED) is 0.668. The van der Waals surface area contributed by atoms with Gasteiger partial charge in [-0.05, 0) is 18.6 Å². The van der Waals surface area contributed by atoms with Crippen LogP contribution in [-0.4, -0.2) is 14.6 Å². The Balaban J connectivity index is 2.92. The fourth-order valence-electron chi connectivity index (χ4n) is 1.28. The second-order valence-corrected chi connectivity index (χ2v) is 2.59. The van der Waals surface area contributed by atoms with E-state index in [1.165, 1.54) is 0 Å². The highest BCUT2D eigenvalue weighted by Crippen LogP contribution is 2.05. The number of H-pyrrole nitrogens is 1. The fourth-order valence-corrected chi connectivity index (χ4v) is 1.28. The van der Waals surface area contributed by atoms with Gasteiger partial charge in [-0.15, -0.1) is 0 Å². The van der Waals surface area contributed by atoms with Gasteiger partial charge in [-0.3, -0.25) is 4.40 Å². The van der Waals surface area contributed by atoms with Crippen LogP contribution < -0.4 is 5.69 Å². The zero-order chi connectivity index (χ0) is 8.55. The lowest BCUT2D eigenvalue weighted by atomic mass is 10.3. The molecular weight excluding hydrogens is 154 g/mol. The Hall–Kier alpha value is -1.58. The van der Waals surface area contributed by atoms with Crippen molar-refractivity contribution in [1.82, 2.24) is 14.6 Å². The summed E-state index contributed by atoms with van der Waals surface area (Å²) in [6, 6.07) is 3.73. The molecule has 0 saturated heterocycles. The van der Waals surface area contributed by atoms with Gasteiger partial charge in [-0.25, -0.2) is 9.89 Å². The minimum atomic E-state index is -0.188. The standard InChI is InChI=1S/C8H9N3O/c1-2-6-7-4-3-5-11(7)8(12)10-9-6/h3-5H,2H2,1H3,(H,10,12). The highest BCUT2D eigenvalue weighted by Gasteiger charge is 2.01. The van der Waals surface area contributed by atoms with E-state index in [1.807, 2.05) is 19.1 Å². The van der Waals surface area contributed by atoms with Crippen molar-refractivity contribution in [2.45, 2.75) is 13.3 Å². The average molecular weight is 163 g/mol. The van der Waals surface area contributed by atoms with E-state index in [9.17, 15) is 4.79 Å². The number of nitrogens with zero attached hydrogens (tertiary/aromatic N) is 2. The lowest BCUT2D eigenvalue weighted by molar-refractivity contribution is 0.835. The molecule has 0 aliphatic heterocycles. The van der Waals surface area contributed by atoms with Gasteiger partial charge in [0.25, 0.3) is 0 Å². The van der Waals surface area contributed by atoms with Crippen LogP contribution >= 0.6 is 0 Å². The maximum atomic E-state index is 11.2. The number of fused-ring (bicyclic) bond motifs is 1. The number of hydrogen-bond acceptors (Lipinski definition) is 2. The molecule has 2 rings (SSSR count). The van der Waals surface area contributed by atoms with E-state index in [0.717, 1.165) is 17.6 Å². The van der Waals surface area contributed by atoms with Gasteiger partial charge in [-0.2, -0.15) is 5.10 Å². The molecule has 4 heteroatoms. The summed E-state index contributed by atoms with van der Waals surface area (Å²) in [5, 5.41) is 6.38. The van der Waals surface area contributed by atoms with Crippen molar-refractivity contribution in [3.8, 4) is 0 Å². The normalized spacial score (nSPS) is 10.8. The molecule has 0 amide bonds. The lowest BCUT2D eigenvalue weighted by Crippen LogP contribution is -2.18. The van der Waals surface area contributed by atoms with Crippen molar-refractivity contribution in [1.29, 1.82) is 0 Å². The molecule has 62 valence electrons. The number of aryl methyl sites for hydroxylation is 1. The molecule has 2 heterocycles. The van der Waals surface area contributed by atoms with Gasteiger partial charge in [0.2, 0.25) is 0 Å². The van der Waals surface area contributed by atoms with Gasteiger partial charge in [0.05, 0.1) is 11.2 Å². The number of nitrogens with one attached hydrogen (secondary N) is 1. The van der Waals surface area contributed by atoms with E-state index in [2.05, 4.69) is 10.2 Å². The molecule has 0 spiro atoms. The summed E-state index contributed by atoms with van der Waals surface area (Å²) in [5.41, 5.74) is 1.62. The third-order valence-corrected chi connectivity index (χ3v) is 1.88. The summed E-state index contributed by atoms with van der Waals surface area (Å²) >= 11 is 0. The molecule has 1 N–H and O–H groups in total. The molecular formula is C8H9N3O. The summed E-state index contributed by atoms with van der Waals surface area (Å²) in [4.78, 5) is 11.2. The van der Waals surface area contributed by atoms with Crippen molar-refractivity contribution in [3.05, 3.63) is 34.5 Å². The predicted molar refractivity (Wildman–Crippen MR) is 45.2 cm³/mol. The van der Waals surface area contributed by atoms with Crippen LogP contribution in [0.5, 0.6) is 0 Å². The maximum Gasteiger partial charge on any atom is 0.346 e. The van der Waals surface area contributed by atoms with Crippen LogP contribution in [0.25, 0.3) is 5.52 Å². The Labute approximate surface area is 68.8 Å². The van der Waals surface area contributed by atoms with Crippen molar-refractivity contribution in [2.75, 3.05) is 0 Å². The first-order valence-electron chi connectivity index (χ1n) is 3.87. The highest BCUT2D eigenvalue weighted by molar-refractivity contribution is 5.51.